The Hall–Kier alpha value is -0.930. The van der Waals surface area contributed by atoms with Gasteiger partial charge in [-0.15, -0.1) is 0 Å². The zero-order valence-corrected chi connectivity index (χ0v) is 19.0. The summed E-state index contributed by atoms with van der Waals surface area (Å²) in [5, 5.41) is 0.770. The van der Waals surface area contributed by atoms with Gasteiger partial charge in [0.25, 0.3) is 0 Å². The predicted octanol–water partition coefficient (Wildman–Crippen LogP) is 7.02. The molecule has 3 heteroatoms. The molecule has 0 N–H and O–H groups in total. The van der Waals surface area contributed by atoms with Crippen LogP contribution in [0.15, 0.2) is 34.9 Å². The van der Waals surface area contributed by atoms with Crippen molar-refractivity contribution in [3.05, 3.63) is 34.9 Å². The zero-order valence-electron chi connectivity index (χ0n) is 18.2. The molecule has 154 valence electrons. The Morgan fingerprint density at radius 2 is 1.48 bits per heavy atom. The van der Waals surface area contributed by atoms with Crippen molar-refractivity contribution in [1.82, 2.24) is 4.90 Å². The number of hydrogen-bond acceptors (Lipinski definition) is 3. The topological polar surface area (TPSA) is 12.5 Å². The number of nitrogens with zero attached hydrogens (tertiary/aromatic N) is 1. The fourth-order valence-electron chi connectivity index (χ4n) is 3.32. The average Bonchev–Trinajstić information content (AvgIpc) is 2.62. The van der Waals surface area contributed by atoms with Crippen molar-refractivity contribution in [3.8, 4) is 0 Å². The highest BCUT2D eigenvalue weighted by Crippen LogP contribution is 2.12. The third-order valence-corrected chi connectivity index (χ3v) is 5.42. The van der Waals surface area contributed by atoms with E-state index in [1.165, 1.54) is 55.5 Å². The Labute approximate surface area is 173 Å². The van der Waals surface area contributed by atoms with Crippen molar-refractivity contribution in [2.75, 3.05) is 26.2 Å². The van der Waals surface area contributed by atoms with Gasteiger partial charge in [-0.1, -0.05) is 35.3 Å². The van der Waals surface area contributed by atoms with Gasteiger partial charge < -0.3 is 9.64 Å². The number of thiocarbonyl (C=S) groups is 1. The van der Waals surface area contributed by atoms with Crippen LogP contribution in [0.25, 0.3) is 0 Å². The minimum atomic E-state index is 0.623. The summed E-state index contributed by atoms with van der Waals surface area (Å²) >= 11 is 5.37. The molecule has 2 nitrogen and oxygen atoms in total. The van der Waals surface area contributed by atoms with E-state index >= 15 is 0 Å². The summed E-state index contributed by atoms with van der Waals surface area (Å²) in [6.45, 7) is 13.1. The molecular formula is C24H41NOS. The lowest BCUT2D eigenvalue weighted by molar-refractivity contribution is 0.226. The van der Waals surface area contributed by atoms with E-state index in [1.54, 1.807) is 0 Å². The van der Waals surface area contributed by atoms with Gasteiger partial charge in [-0.25, -0.2) is 0 Å². The normalized spacial score (nSPS) is 16.3. The van der Waals surface area contributed by atoms with E-state index in [9.17, 15) is 0 Å². The van der Waals surface area contributed by atoms with Gasteiger partial charge in [0.1, 0.15) is 6.61 Å². The van der Waals surface area contributed by atoms with Crippen LogP contribution in [0.4, 0.5) is 0 Å². The number of hydrogen-bond donors (Lipinski definition) is 0. The lowest BCUT2D eigenvalue weighted by atomic mass is 10.1. The van der Waals surface area contributed by atoms with E-state index in [1.807, 2.05) is 0 Å². The van der Waals surface area contributed by atoms with Gasteiger partial charge >= 0.3 is 0 Å². The van der Waals surface area contributed by atoms with Crippen LogP contribution >= 0.6 is 12.2 Å². The Balaban J connectivity index is 2.09. The predicted molar refractivity (Wildman–Crippen MR) is 123 cm³/mol. The molecule has 0 aliphatic carbocycles. The van der Waals surface area contributed by atoms with E-state index < -0.39 is 0 Å². The Morgan fingerprint density at radius 1 is 0.852 bits per heavy atom. The molecule has 0 atom stereocenters. The monoisotopic (exact) mass is 391 g/mol. The molecule has 0 spiro atoms. The first-order valence-corrected chi connectivity index (χ1v) is 11.2. The van der Waals surface area contributed by atoms with Crippen molar-refractivity contribution in [1.29, 1.82) is 0 Å². The van der Waals surface area contributed by atoms with E-state index in [0.717, 1.165) is 43.7 Å². The number of allylic oxidation sites excluding steroid dienone is 5. The number of piperidine rings is 1. The van der Waals surface area contributed by atoms with Crippen LogP contribution in [0.1, 0.15) is 85.5 Å². The molecule has 0 aromatic carbocycles. The highest BCUT2D eigenvalue weighted by molar-refractivity contribution is 7.80. The van der Waals surface area contributed by atoms with Gasteiger partial charge in [0, 0.05) is 6.42 Å². The van der Waals surface area contributed by atoms with Gasteiger partial charge in [-0.2, -0.15) is 0 Å². The second-order valence-corrected chi connectivity index (χ2v) is 8.60. The van der Waals surface area contributed by atoms with Crippen LogP contribution in [-0.4, -0.2) is 36.2 Å². The second kappa shape index (κ2) is 15.0. The molecule has 1 fully saturated rings. The molecule has 0 saturated carbocycles. The lowest BCUT2D eigenvalue weighted by Crippen LogP contribution is -2.30. The largest absolute Gasteiger partial charge is 0.483 e. The van der Waals surface area contributed by atoms with Crippen LogP contribution in [0.3, 0.4) is 0 Å². The molecule has 0 aromatic heterocycles. The molecule has 1 saturated heterocycles. The van der Waals surface area contributed by atoms with E-state index in [4.69, 9.17) is 17.0 Å². The SMILES string of the molecule is CC(C)=CCC/C(C)=C/CC/C(C)=C/COC(=S)CCCN1CCCCC1. The molecule has 0 bridgehead atoms. The first-order valence-electron chi connectivity index (χ1n) is 10.8. The summed E-state index contributed by atoms with van der Waals surface area (Å²) in [5.74, 6) is 0. The fraction of sp³-hybridized carbons (Fsp3) is 0.708. The number of ether oxygens (including phenoxy) is 1. The standard InChI is InChI=1S/C24H41NOS/c1-21(2)11-8-12-22(3)13-9-14-23(4)16-20-26-24(27)15-10-19-25-17-6-5-7-18-25/h11,13,16H,5-10,12,14-15,17-20H2,1-4H3/b22-13+,23-16+. The van der Waals surface area contributed by atoms with Crippen molar-refractivity contribution in [2.45, 2.75) is 85.5 Å². The lowest BCUT2D eigenvalue weighted by Gasteiger charge is -2.26. The molecule has 1 rings (SSSR count). The number of rotatable bonds is 12. The molecule has 0 unspecified atom stereocenters. The van der Waals surface area contributed by atoms with E-state index in [-0.39, 0.29) is 0 Å². The first kappa shape index (κ1) is 24.1. The van der Waals surface area contributed by atoms with Crippen molar-refractivity contribution < 1.29 is 4.74 Å². The van der Waals surface area contributed by atoms with Gasteiger partial charge in [-0.05, 0) is 111 Å². The summed E-state index contributed by atoms with van der Waals surface area (Å²) in [5.41, 5.74) is 4.29. The summed E-state index contributed by atoms with van der Waals surface area (Å²) in [6.07, 6.45) is 17.6. The molecule has 0 amide bonds. The summed E-state index contributed by atoms with van der Waals surface area (Å²) in [4.78, 5) is 2.56. The summed E-state index contributed by atoms with van der Waals surface area (Å²) in [7, 11) is 0. The van der Waals surface area contributed by atoms with Gasteiger partial charge in [0.15, 0.2) is 5.05 Å². The zero-order chi connectivity index (χ0) is 19.9. The van der Waals surface area contributed by atoms with Crippen LogP contribution in [0.5, 0.6) is 0 Å². The van der Waals surface area contributed by atoms with Gasteiger partial charge in [0.2, 0.25) is 0 Å². The second-order valence-electron chi connectivity index (χ2n) is 8.15. The maximum Gasteiger partial charge on any atom is 0.160 e. The minimum Gasteiger partial charge on any atom is -0.483 e. The first-order chi connectivity index (χ1) is 13.0. The summed E-state index contributed by atoms with van der Waals surface area (Å²) < 4.78 is 5.72. The molecule has 1 aliphatic rings. The molecule has 1 heterocycles. The highest BCUT2D eigenvalue weighted by atomic mass is 32.1. The Kier molecular flexibility index (Phi) is 13.4. The van der Waals surface area contributed by atoms with Crippen molar-refractivity contribution in [3.63, 3.8) is 0 Å². The maximum atomic E-state index is 5.72. The highest BCUT2D eigenvalue weighted by Gasteiger charge is 2.09. The van der Waals surface area contributed by atoms with E-state index in [2.05, 4.69) is 50.8 Å². The maximum absolute atomic E-state index is 5.72. The molecule has 0 radical (unpaired) electrons. The van der Waals surface area contributed by atoms with Crippen LogP contribution in [0, 0.1) is 0 Å². The van der Waals surface area contributed by atoms with Crippen LogP contribution in [-0.2, 0) is 4.74 Å². The van der Waals surface area contributed by atoms with Gasteiger partial charge in [0.05, 0.1) is 0 Å². The molecule has 27 heavy (non-hydrogen) atoms. The third-order valence-electron chi connectivity index (χ3n) is 5.10. The molecular weight excluding hydrogens is 350 g/mol. The average molecular weight is 392 g/mol. The quantitative estimate of drug-likeness (QED) is 0.262. The summed E-state index contributed by atoms with van der Waals surface area (Å²) in [6, 6.07) is 0. The number of likely N-dealkylation sites (tertiary alicyclic amines) is 1. The molecule has 1 aliphatic heterocycles. The van der Waals surface area contributed by atoms with Crippen molar-refractivity contribution >= 4 is 17.3 Å². The van der Waals surface area contributed by atoms with E-state index in [0.29, 0.717) is 6.61 Å². The van der Waals surface area contributed by atoms with Crippen LogP contribution < -0.4 is 0 Å². The molecule has 0 aromatic rings. The Bertz CT molecular complexity index is 508. The Morgan fingerprint density at radius 3 is 2.15 bits per heavy atom. The van der Waals surface area contributed by atoms with Gasteiger partial charge in [-0.3, -0.25) is 0 Å². The minimum absolute atomic E-state index is 0.623. The fourth-order valence-corrected chi connectivity index (χ4v) is 3.53. The van der Waals surface area contributed by atoms with Crippen LogP contribution in [0.2, 0.25) is 0 Å². The van der Waals surface area contributed by atoms with Crippen molar-refractivity contribution in [2.24, 2.45) is 0 Å². The third kappa shape index (κ3) is 13.8. The smallest absolute Gasteiger partial charge is 0.160 e.